The van der Waals surface area contributed by atoms with Gasteiger partial charge in [-0.25, -0.2) is 5.06 Å². The van der Waals surface area contributed by atoms with Crippen molar-refractivity contribution in [3.05, 3.63) is 35.9 Å². The van der Waals surface area contributed by atoms with Crippen LogP contribution in [-0.4, -0.2) is 22.2 Å². The summed E-state index contributed by atoms with van der Waals surface area (Å²) in [5, 5.41) is 11.1. The second-order valence-corrected chi connectivity index (χ2v) is 5.57. The summed E-state index contributed by atoms with van der Waals surface area (Å²) < 4.78 is 0. The van der Waals surface area contributed by atoms with E-state index in [-0.39, 0.29) is 17.9 Å². The first-order valence-electron chi connectivity index (χ1n) is 7.24. The molecule has 2 rings (SSSR count). The summed E-state index contributed by atoms with van der Waals surface area (Å²) in [5.41, 5.74) is 1.14. The van der Waals surface area contributed by atoms with E-state index in [0.717, 1.165) is 36.3 Å². The summed E-state index contributed by atoms with van der Waals surface area (Å²) in [4.78, 5) is 12.2. The third-order valence-corrected chi connectivity index (χ3v) is 3.95. The lowest BCUT2D eigenvalue weighted by atomic mass is 9.93. The van der Waals surface area contributed by atoms with Gasteiger partial charge in [0.15, 0.2) is 0 Å². The maximum atomic E-state index is 12.2. The summed E-state index contributed by atoms with van der Waals surface area (Å²) in [6.07, 6.45) is 5.99. The van der Waals surface area contributed by atoms with Crippen LogP contribution < -0.4 is 0 Å². The van der Waals surface area contributed by atoms with Gasteiger partial charge in [-0.15, -0.1) is 0 Å². The van der Waals surface area contributed by atoms with Crippen molar-refractivity contribution in [3.8, 4) is 0 Å². The number of hydrogen-bond donors (Lipinski definition) is 1. The normalized spacial score (nSPS) is 18.0. The number of nitrogens with zero attached hydrogens (tertiary/aromatic N) is 1. The average molecular weight is 261 g/mol. The van der Waals surface area contributed by atoms with Gasteiger partial charge in [0.1, 0.15) is 0 Å². The summed E-state index contributed by atoms with van der Waals surface area (Å²) in [6, 6.07) is 9.99. The number of benzene rings is 1. The Kier molecular flexibility index (Phi) is 4.97. The quantitative estimate of drug-likeness (QED) is 0.666. The fourth-order valence-electron chi connectivity index (χ4n) is 2.79. The van der Waals surface area contributed by atoms with Crippen LogP contribution in [0.5, 0.6) is 0 Å². The van der Waals surface area contributed by atoms with E-state index in [9.17, 15) is 10.0 Å². The average Bonchev–Trinajstić information content (AvgIpc) is 2.47. The first kappa shape index (κ1) is 14.1. The van der Waals surface area contributed by atoms with E-state index in [4.69, 9.17) is 0 Å². The standard InChI is InChI=1S/C16H23NO2/c1-13(12-14-8-4-2-5-9-14)16(18)17(19)15-10-6-3-7-11-15/h2,4-5,8-9,13,15,19H,3,6-7,10-12H2,1H3. The molecule has 1 atom stereocenters. The van der Waals surface area contributed by atoms with E-state index in [1.165, 1.54) is 6.42 Å². The molecule has 1 aromatic rings. The predicted molar refractivity (Wildman–Crippen MR) is 74.8 cm³/mol. The van der Waals surface area contributed by atoms with Gasteiger partial charge in [0.05, 0.1) is 6.04 Å². The lowest BCUT2D eigenvalue weighted by Gasteiger charge is -2.30. The Bertz CT molecular complexity index is 398. The molecule has 1 aliphatic rings. The number of amides is 1. The number of carbonyl (C=O) groups is 1. The van der Waals surface area contributed by atoms with Gasteiger partial charge >= 0.3 is 0 Å². The maximum Gasteiger partial charge on any atom is 0.249 e. The molecule has 0 saturated heterocycles. The maximum absolute atomic E-state index is 12.2. The Labute approximate surface area is 115 Å². The second-order valence-electron chi connectivity index (χ2n) is 5.57. The second kappa shape index (κ2) is 6.71. The van der Waals surface area contributed by atoms with Crippen molar-refractivity contribution < 1.29 is 10.0 Å². The van der Waals surface area contributed by atoms with Gasteiger partial charge in [0.25, 0.3) is 0 Å². The van der Waals surface area contributed by atoms with Crippen molar-refractivity contribution in [1.82, 2.24) is 5.06 Å². The van der Waals surface area contributed by atoms with Gasteiger partial charge in [0, 0.05) is 5.92 Å². The highest BCUT2D eigenvalue weighted by molar-refractivity contribution is 5.77. The molecule has 1 aromatic carbocycles. The summed E-state index contributed by atoms with van der Waals surface area (Å²) in [6.45, 7) is 1.89. The fraction of sp³-hybridized carbons (Fsp3) is 0.562. The molecule has 3 nitrogen and oxygen atoms in total. The molecule has 0 spiro atoms. The molecule has 0 radical (unpaired) electrons. The number of carbonyl (C=O) groups excluding carboxylic acids is 1. The highest BCUT2D eigenvalue weighted by atomic mass is 16.5. The van der Waals surface area contributed by atoms with Crippen molar-refractivity contribution in [1.29, 1.82) is 0 Å². The molecule has 0 aliphatic heterocycles. The van der Waals surface area contributed by atoms with Crippen LogP contribution in [-0.2, 0) is 11.2 Å². The fourth-order valence-corrected chi connectivity index (χ4v) is 2.79. The molecule has 1 saturated carbocycles. The molecule has 1 unspecified atom stereocenters. The first-order chi connectivity index (χ1) is 9.18. The van der Waals surface area contributed by atoms with Crippen molar-refractivity contribution in [2.24, 2.45) is 5.92 Å². The molecule has 3 heteroatoms. The van der Waals surface area contributed by atoms with Crippen LogP contribution in [0.4, 0.5) is 0 Å². The summed E-state index contributed by atoms with van der Waals surface area (Å²) >= 11 is 0. The van der Waals surface area contributed by atoms with E-state index >= 15 is 0 Å². The zero-order chi connectivity index (χ0) is 13.7. The lowest BCUT2D eigenvalue weighted by molar-refractivity contribution is -0.182. The van der Waals surface area contributed by atoms with Gasteiger partial charge < -0.3 is 0 Å². The van der Waals surface area contributed by atoms with Gasteiger partial charge in [-0.2, -0.15) is 0 Å². The summed E-state index contributed by atoms with van der Waals surface area (Å²) in [7, 11) is 0. The molecule has 0 aromatic heterocycles. The largest absolute Gasteiger partial charge is 0.286 e. The highest BCUT2D eigenvalue weighted by Gasteiger charge is 2.27. The zero-order valence-corrected chi connectivity index (χ0v) is 11.6. The molecule has 1 fully saturated rings. The number of rotatable bonds is 4. The minimum Gasteiger partial charge on any atom is -0.286 e. The van der Waals surface area contributed by atoms with Crippen molar-refractivity contribution in [3.63, 3.8) is 0 Å². The zero-order valence-electron chi connectivity index (χ0n) is 11.6. The molecular weight excluding hydrogens is 238 g/mol. The number of hydroxylamine groups is 2. The van der Waals surface area contributed by atoms with Crippen LogP contribution in [0.25, 0.3) is 0 Å². The van der Waals surface area contributed by atoms with E-state index in [1.54, 1.807) is 0 Å². The van der Waals surface area contributed by atoms with Crippen LogP contribution in [0.2, 0.25) is 0 Å². The highest BCUT2D eigenvalue weighted by Crippen LogP contribution is 2.23. The third kappa shape index (κ3) is 3.80. The molecule has 0 heterocycles. The molecule has 1 aliphatic carbocycles. The smallest absolute Gasteiger partial charge is 0.249 e. The third-order valence-electron chi connectivity index (χ3n) is 3.95. The Morgan fingerprint density at radius 2 is 1.89 bits per heavy atom. The molecule has 1 amide bonds. The van der Waals surface area contributed by atoms with Crippen LogP contribution in [0.1, 0.15) is 44.6 Å². The van der Waals surface area contributed by atoms with Crippen molar-refractivity contribution in [2.75, 3.05) is 0 Å². The van der Waals surface area contributed by atoms with Crippen LogP contribution in [0.3, 0.4) is 0 Å². The van der Waals surface area contributed by atoms with Gasteiger partial charge in [0.2, 0.25) is 5.91 Å². The Balaban J connectivity index is 1.90. The van der Waals surface area contributed by atoms with Crippen molar-refractivity contribution in [2.45, 2.75) is 51.5 Å². The van der Waals surface area contributed by atoms with E-state index < -0.39 is 0 Å². The van der Waals surface area contributed by atoms with E-state index in [1.807, 2.05) is 37.3 Å². The molecular formula is C16H23NO2. The molecule has 1 N–H and O–H groups in total. The van der Waals surface area contributed by atoms with Gasteiger partial charge in [-0.1, -0.05) is 56.5 Å². The first-order valence-corrected chi connectivity index (χ1v) is 7.24. The van der Waals surface area contributed by atoms with Crippen LogP contribution in [0.15, 0.2) is 30.3 Å². The van der Waals surface area contributed by atoms with Crippen molar-refractivity contribution >= 4 is 5.91 Å². The molecule has 0 bridgehead atoms. The number of hydrogen-bond acceptors (Lipinski definition) is 2. The van der Waals surface area contributed by atoms with Gasteiger partial charge in [-0.05, 0) is 24.8 Å². The molecule has 19 heavy (non-hydrogen) atoms. The minimum atomic E-state index is -0.172. The SMILES string of the molecule is CC(Cc1ccccc1)C(=O)N(O)C1CCCCC1. The summed E-state index contributed by atoms with van der Waals surface area (Å²) in [5.74, 6) is -0.315. The van der Waals surface area contributed by atoms with Gasteiger partial charge in [-0.3, -0.25) is 10.0 Å². The predicted octanol–water partition coefficient (Wildman–Crippen LogP) is 3.42. The topological polar surface area (TPSA) is 40.5 Å². The van der Waals surface area contributed by atoms with Crippen LogP contribution >= 0.6 is 0 Å². The van der Waals surface area contributed by atoms with E-state index in [2.05, 4.69) is 0 Å². The minimum absolute atomic E-state index is 0.0273. The van der Waals surface area contributed by atoms with E-state index in [0.29, 0.717) is 6.42 Å². The Hall–Kier alpha value is -1.35. The Morgan fingerprint density at radius 3 is 2.53 bits per heavy atom. The molecule has 104 valence electrons. The van der Waals surface area contributed by atoms with Crippen LogP contribution in [0, 0.1) is 5.92 Å². The Morgan fingerprint density at radius 1 is 1.26 bits per heavy atom. The lowest BCUT2D eigenvalue weighted by Crippen LogP contribution is -2.42. The monoisotopic (exact) mass is 261 g/mol.